The zero-order valence-corrected chi connectivity index (χ0v) is 19.7. The summed E-state index contributed by atoms with van der Waals surface area (Å²) in [6.07, 6.45) is 2.81. The minimum Gasteiger partial charge on any atom is -0.389 e. The van der Waals surface area contributed by atoms with Crippen molar-refractivity contribution in [2.45, 2.75) is 38.4 Å². The van der Waals surface area contributed by atoms with Gasteiger partial charge in [-0.1, -0.05) is 18.9 Å². The number of ether oxygens (including phenoxy) is 1. The van der Waals surface area contributed by atoms with Gasteiger partial charge in [0.1, 0.15) is 5.82 Å². The Bertz CT molecular complexity index is 1050. The van der Waals surface area contributed by atoms with Crippen LogP contribution in [0.2, 0.25) is 0 Å². The molecule has 2 atom stereocenters. The molecule has 6 nitrogen and oxygen atoms in total. The third kappa shape index (κ3) is 5.47. The van der Waals surface area contributed by atoms with E-state index in [0.717, 1.165) is 37.7 Å². The van der Waals surface area contributed by atoms with Gasteiger partial charge in [0.05, 0.1) is 18.1 Å². The van der Waals surface area contributed by atoms with Crippen molar-refractivity contribution < 1.29 is 27.1 Å². The summed E-state index contributed by atoms with van der Waals surface area (Å²) in [4.78, 5) is 20.9. The van der Waals surface area contributed by atoms with Gasteiger partial charge in [-0.3, -0.25) is 0 Å². The predicted molar refractivity (Wildman–Crippen MR) is 120 cm³/mol. The summed E-state index contributed by atoms with van der Waals surface area (Å²) < 4.78 is 60.4. The van der Waals surface area contributed by atoms with Gasteiger partial charge in [0, 0.05) is 39.8 Å². The van der Waals surface area contributed by atoms with E-state index in [1.165, 1.54) is 43.0 Å². The van der Waals surface area contributed by atoms with Crippen LogP contribution in [0, 0.1) is 29.5 Å². The van der Waals surface area contributed by atoms with Crippen molar-refractivity contribution in [3.63, 3.8) is 0 Å². The zero-order valence-electron chi connectivity index (χ0n) is 19.7. The minimum absolute atomic E-state index is 0.100. The lowest BCUT2D eigenvalue weighted by Gasteiger charge is -2.26. The number of carbonyl (C=O) groups excluding carboxylic acids is 1. The smallest absolute Gasteiger partial charge is 0.389 e. The van der Waals surface area contributed by atoms with Crippen LogP contribution in [-0.4, -0.2) is 51.6 Å². The lowest BCUT2D eigenvalue weighted by Crippen LogP contribution is -2.37. The molecule has 2 aromatic rings. The zero-order chi connectivity index (χ0) is 24.7. The molecule has 3 fully saturated rings. The van der Waals surface area contributed by atoms with Crippen LogP contribution >= 0.6 is 0 Å². The van der Waals surface area contributed by atoms with E-state index in [9.17, 15) is 22.4 Å². The first-order chi connectivity index (χ1) is 16.7. The normalized spacial score (nSPS) is 24.5. The number of fused-ring (bicyclic) bond motifs is 1. The topological polar surface area (TPSA) is 50.6 Å². The lowest BCUT2D eigenvalue weighted by atomic mass is 10.1. The van der Waals surface area contributed by atoms with Crippen LogP contribution in [0.3, 0.4) is 0 Å². The Morgan fingerprint density at radius 1 is 1.20 bits per heavy atom. The van der Waals surface area contributed by atoms with E-state index >= 15 is 0 Å². The molecule has 2 heterocycles. The second-order valence-electron chi connectivity index (χ2n) is 10.3. The summed E-state index contributed by atoms with van der Waals surface area (Å²) in [5.74, 6) is 0.839. The summed E-state index contributed by atoms with van der Waals surface area (Å²) >= 11 is 0. The summed E-state index contributed by atoms with van der Waals surface area (Å²) in [6, 6.07) is 2.85. The van der Waals surface area contributed by atoms with Crippen LogP contribution in [0.15, 0.2) is 30.7 Å². The van der Waals surface area contributed by atoms with Gasteiger partial charge in [0.25, 0.3) is 0 Å². The number of amides is 1. The summed E-state index contributed by atoms with van der Waals surface area (Å²) in [7, 11) is 1.74. The number of benzene rings is 1. The fourth-order valence-corrected chi connectivity index (χ4v) is 5.88. The average Bonchev–Trinajstić information content (AvgIpc) is 3.28. The molecule has 3 aliphatic rings. The van der Waals surface area contributed by atoms with Crippen LogP contribution in [0.5, 0.6) is 5.88 Å². The second-order valence-corrected chi connectivity index (χ2v) is 10.3. The third-order valence-corrected chi connectivity index (χ3v) is 7.71. The molecular formula is C25H30F4N4O2. The molecule has 1 aromatic carbocycles. The Kier molecular flexibility index (Phi) is 6.50. The van der Waals surface area contributed by atoms with Crippen molar-refractivity contribution in [3.8, 4) is 5.88 Å². The molecule has 0 bridgehead atoms. The number of halogens is 4. The van der Waals surface area contributed by atoms with Gasteiger partial charge in [0.2, 0.25) is 5.88 Å². The molecule has 1 saturated heterocycles. The van der Waals surface area contributed by atoms with E-state index in [-0.39, 0.29) is 23.9 Å². The monoisotopic (exact) mass is 494 g/mol. The highest BCUT2D eigenvalue weighted by atomic mass is 19.4. The first kappa shape index (κ1) is 24.1. The van der Waals surface area contributed by atoms with Crippen molar-refractivity contribution >= 4 is 6.09 Å². The van der Waals surface area contributed by atoms with Crippen LogP contribution < -0.4 is 4.74 Å². The number of carbonyl (C=O) groups is 1. The number of likely N-dealkylation sites (tertiary alicyclic amines) is 1. The number of alkyl halides is 3. The van der Waals surface area contributed by atoms with Crippen LogP contribution in [-0.2, 0) is 19.8 Å². The van der Waals surface area contributed by atoms with Crippen molar-refractivity contribution in [1.29, 1.82) is 0 Å². The molecule has 5 rings (SSSR count). The van der Waals surface area contributed by atoms with Crippen LogP contribution in [0.4, 0.5) is 22.4 Å². The molecule has 0 radical (unpaired) electrons. The molecule has 2 unspecified atom stereocenters. The molecule has 2 aliphatic carbocycles. The van der Waals surface area contributed by atoms with E-state index in [1.807, 2.05) is 0 Å². The van der Waals surface area contributed by atoms with E-state index in [0.29, 0.717) is 18.4 Å². The number of imidazole rings is 1. The average molecular weight is 495 g/mol. The number of aromatic nitrogens is 2. The maximum absolute atomic E-state index is 13.8. The van der Waals surface area contributed by atoms with Gasteiger partial charge in [-0.25, -0.2) is 14.2 Å². The Morgan fingerprint density at radius 2 is 1.91 bits per heavy atom. The number of nitrogens with zero attached hydrogens (tertiary/aromatic N) is 4. The number of rotatable bonds is 7. The summed E-state index contributed by atoms with van der Waals surface area (Å²) in [5.41, 5.74) is -1.13. The second kappa shape index (κ2) is 9.44. The van der Waals surface area contributed by atoms with Crippen molar-refractivity contribution in [1.82, 2.24) is 19.4 Å². The quantitative estimate of drug-likeness (QED) is 0.512. The van der Waals surface area contributed by atoms with E-state index < -0.39 is 23.7 Å². The molecule has 10 heteroatoms. The largest absolute Gasteiger partial charge is 0.419 e. The first-order valence-electron chi connectivity index (χ1n) is 12.2. The Labute approximate surface area is 201 Å². The van der Waals surface area contributed by atoms with Crippen molar-refractivity contribution in [2.75, 3.05) is 26.2 Å². The fraction of sp³-hybridized carbons (Fsp3) is 0.600. The Balaban J connectivity index is 1.26. The molecule has 2 saturated carbocycles. The van der Waals surface area contributed by atoms with Gasteiger partial charge in [0.15, 0.2) is 0 Å². The summed E-state index contributed by atoms with van der Waals surface area (Å²) in [5, 5.41) is 0. The van der Waals surface area contributed by atoms with Crippen molar-refractivity contribution in [3.05, 3.63) is 47.7 Å². The highest BCUT2D eigenvalue weighted by Gasteiger charge is 2.56. The molecule has 1 amide bonds. The van der Waals surface area contributed by atoms with Gasteiger partial charge in [-0.05, 0) is 54.2 Å². The molecular weight excluding hydrogens is 464 g/mol. The standard InChI is InChI=1S/C25H30F4N4O2/c1-31-14-23(30-15-31)35-24(34)33(10-17-6-7-22(26)21(8-17)25(27,28)29)13-20-18-11-32(12-19(18)20)9-16-4-2-3-5-16/h6-8,14-16,18-20H,2-5,9-13H2,1H3. The van der Waals surface area contributed by atoms with E-state index in [4.69, 9.17) is 4.74 Å². The highest BCUT2D eigenvalue weighted by molar-refractivity contribution is 5.70. The molecule has 0 spiro atoms. The van der Waals surface area contributed by atoms with Gasteiger partial charge >= 0.3 is 12.3 Å². The maximum Gasteiger partial charge on any atom is 0.419 e. The number of hydrogen-bond donors (Lipinski definition) is 0. The number of piperidine rings is 1. The van der Waals surface area contributed by atoms with Gasteiger partial charge in [-0.15, -0.1) is 0 Å². The Hall–Kier alpha value is -2.62. The number of aryl methyl sites for hydroxylation is 1. The molecule has 0 N–H and O–H groups in total. The molecule has 35 heavy (non-hydrogen) atoms. The minimum atomic E-state index is -4.81. The molecule has 1 aromatic heterocycles. The molecule has 190 valence electrons. The van der Waals surface area contributed by atoms with Crippen molar-refractivity contribution in [2.24, 2.45) is 30.7 Å². The van der Waals surface area contributed by atoms with Crippen LogP contribution in [0.25, 0.3) is 0 Å². The number of hydrogen-bond acceptors (Lipinski definition) is 4. The van der Waals surface area contributed by atoms with E-state index in [1.54, 1.807) is 17.8 Å². The Morgan fingerprint density at radius 3 is 2.54 bits per heavy atom. The fourth-order valence-electron chi connectivity index (χ4n) is 5.88. The highest BCUT2D eigenvalue weighted by Crippen LogP contribution is 2.52. The third-order valence-electron chi connectivity index (χ3n) is 7.71. The van der Waals surface area contributed by atoms with Gasteiger partial charge < -0.3 is 19.1 Å². The SMILES string of the molecule is Cn1cnc(OC(=O)N(Cc2ccc(F)c(C(F)(F)F)c2)CC2C3CN(CC4CCCC4)CC32)c1. The van der Waals surface area contributed by atoms with E-state index in [2.05, 4.69) is 9.88 Å². The maximum atomic E-state index is 13.8. The predicted octanol–water partition coefficient (Wildman–Crippen LogP) is 4.95. The van der Waals surface area contributed by atoms with Gasteiger partial charge in [-0.2, -0.15) is 13.2 Å². The first-order valence-corrected chi connectivity index (χ1v) is 12.2. The molecule has 1 aliphatic heterocycles. The van der Waals surface area contributed by atoms with Crippen LogP contribution in [0.1, 0.15) is 36.8 Å². The lowest BCUT2D eigenvalue weighted by molar-refractivity contribution is -0.140. The summed E-state index contributed by atoms with van der Waals surface area (Å²) in [6.45, 7) is 3.43.